The molecule has 0 radical (unpaired) electrons. The highest BCUT2D eigenvalue weighted by Crippen LogP contribution is 2.41. The van der Waals surface area contributed by atoms with E-state index in [0.29, 0.717) is 45.0 Å². The fourth-order valence-electron chi connectivity index (χ4n) is 5.40. The highest BCUT2D eigenvalue weighted by Gasteiger charge is 2.33. The van der Waals surface area contributed by atoms with Crippen LogP contribution < -0.4 is 24.4 Å². The van der Waals surface area contributed by atoms with Crippen LogP contribution in [-0.2, 0) is 11.2 Å². The number of non-ortho nitro benzene ring substituents is 1. The van der Waals surface area contributed by atoms with E-state index in [1.54, 1.807) is 41.0 Å². The number of carbonyl (C=O) groups excluding carboxylic acids is 1. The van der Waals surface area contributed by atoms with Gasteiger partial charge in [-0.05, 0) is 60.2 Å². The lowest BCUT2D eigenvalue weighted by atomic mass is 9.83. The molecule has 1 aliphatic carbocycles. The molecule has 0 N–H and O–H groups in total. The fourth-order valence-corrected chi connectivity index (χ4v) is 6.41. The number of carbonyl (C=O) groups is 1. The normalized spacial score (nSPS) is 15.9. The number of rotatable bonds is 6. The SMILES string of the molecule is CCOc1cc(/C=c2/sc3n(c2=O)[C@@H](c2cccc([N+](=O)[O-])c2)C2=C(N=3)c3ccccc3CC2)ccc1OC(C)=O. The number of aromatic nitrogens is 1. The Morgan fingerprint density at radius 1 is 1.12 bits per heavy atom. The van der Waals surface area contributed by atoms with Crippen molar-refractivity contribution in [3.63, 3.8) is 0 Å². The number of fused-ring (bicyclic) bond motifs is 3. The van der Waals surface area contributed by atoms with Crippen LogP contribution in [0.25, 0.3) is 11.8 Å². The third-order valence-corrected chi connectivity index (χ3v) is 8.07. The minimum absolute atomic E-state index is 0.0312. The Balaban J connectivity index is 1.55. The molecule has 1 aromatic heterocycles. The van der Waals surface area contributed by atoms with Crippen LogP contribution in [0.1, 0.15) is 48.6 Å². The van der Waals surface area contributed by atoms with Crippen molar-refractivity contribution < 1.29 is 19.2 Å². The second-order valence-corrected chi connectivity index (χ2v) is 10.7. The summed E-state index contributed by atoms with van der Waals surface area (Å²) in [5.74, 6) is 0.236. The van der Waals surface area contributed by atoms with E-state index in [0.717, 1.165) is 23.3 Å². The molecule has 10 heteroatoms. The number of allylic oxidation sites excluding steroid dienone is 1. The average molecular weight is 568 g/mol. The fraction of sp³-hybridized carbons (Fsp3) is 0.194. The third kappa shape index (κ3) is 4.87. The summed E-state index contributed by atoms with van der Waals surface area (Å²) in [6.45, 7) is 3.52. The minimum atomic E-state index is -0.526. The molecular weight excluding hydrogens is 542 g/mol. The monoisotopic (exact) mass is 567 g/mol. The van der Waals surface area contributed by atoms with Gasteiger partial charge in [-0.1, -0.05) is 53.8 Å². The summed E-state index contributed by atoms with van der Waals surface area (Å²) >= 11 is 1.26. The largest absolute Gasteiger partial charge is 0.490 e. The maximum Gasteiger partial charge on any atom is 0.308 e. The molecule has 2 heterocycles. The Hall–Kier alpha value is -4.83. The number of hydrogen-bond donors (Lipinski definition) is 0. The van der Waals surface area contributed by atoms with Crippen LogP contribution in [0.4, 0.5) is 5.69 Å². The number of nitrogens with zero attached hydrogens (tertiary/aromatic N) is 3. The number of hydrogen-bond acceptors (Lipinski definition) is 8. The molecule has 9 nitrogen and oxygen atoms in total. The van der Waals surface area contributed by atoms with Gasteiger partial charge < -0.3 is 9.47 Å². The average Bonchev–Trinajstić information content (AvgIpc) is 3.27. The number of benzene rings is 3. The van der Waals surface area contributed by atoms with Gasteiger partial charge >= 0.3 is 5.97 Å². The standard InChI is InChI=1S/C31H25N3O6S/c1-3-39-26-15-19(11-14-25(26)40-18(2)35)16-27-30(36)33-29(21-8-6-9-22(17-21)34(37)38)24-13-12-20-7-4-5-10-23(20)28(24)32-31(33)41-27/h4-11,14-17,29H,3,12-13H2,1-2H3/b27-16+/t29-/m0/s1. The number of nitro benzene ring substituents is 1. The van der Waals surface area contributed by atoms with Crippen molar-refractivity contribution in [3.05, 3.63) is 124 Å². The molecular formula is C31H25N3O6S. The molecule has 0 bridgehead atoms. The van der Waals surface area contributed by atoms with E-state index in [9.17, 15) is 19.7 Å². The van der Waals surface area contributed by atoms with Crippen LogP contribution in [0.15, 0.2) is 82.1 Å². The molecule has 0 fully saturated rings. The summed E-state index contributed by atoms with van der Waals surface area (Å²) in [6, 6.07) is 19.1. The molecule has 1 atom stereocenters. The van der Waals surface area contributed by atoms with Gasteiger partial charge in [0.1, 0.15) is 0 Å². The molecule has 6 rings (SSSR count). The summed E-state index contributed by atoms with van der Waals surface area (Å²) in [4.78, 5) is 42.2. The summed E-state index contributed by atoms with van der Waals surface area (Å²) in [5.41, 5.74) is 5.07. The first-order valence-electron chi connectivity index (χ1n) is 13.2. The molecule has 0 saturated heterocycles. The van der Waals surface area contributed by atoms with E-state index in [1.165, 1.54) is 29.9 Å². The Kier molecular flexibility index (Phi) is 6.84. The van der Waals surface area contributed by atoms with Crippen molar-refractivity contribution in [3.8, 4) is 11.5 Å². The van der Waals surface area contributed by atoms with Gasteiger partial charge in [-0.2, -0.15) is 0 Å². The van der Waals surface area contributed by atoms with Crippen LogP contribution in [0.5, 0.6) is 11.5 Å². The molecule has 41 heavy (non-hydrogen) atoms. The van der Waals surface area contributed by atoms with E-state index in [2.05, 4.69) is 6.07 Å². The van der Waals surface area contributed by atoms with Gasteiger partial charge in [-0.15, -0.1) is 0 Å². The zero-order chi connectivity index (χ0) is 28.7. The van der Waals surface area contributed by atoms with Crippen molar-refractivity contribution in [2.75, 3.05) is 6.61 Å². The first-order valence-corrected chi connectivity index (χ1v) is 14.0. The van der Waals surface area contributed by atoms with Crippen molar-refractivity contribution in [2.45, 2.75) is 32.7 Å². The van der Waals surface area contributed by atoms with Gasteiger partial charge in [0.2, 0.25) is 0 Å². The first kappa shape index (κ1) is 26.4. The molecule has 1 aliphatic heterocycles. The quantitative estimate of drug-likeness (QED) is 0.146. The molecule has 3 aromatic carbocycles. The zero-order valence-corrected chi connectivity index (χ0v) is 23.1. The Labute approximate surface area is 238 Å². The van der Waals surface area contributed by atoms with Gasteiger partial charge in [0.05, 0.1) is 27.8 Å². The lowest BCUT2D eigenvalue weighted by Gasteiger charge is -2.30. The maximum absolute atomic E-state index is 14.0. The van der Waals surface area contributed by atoms with Crippen molar-refractivity contribution in [1.29, 1.82) is 0 Å². The van der Waals surface area contributed by atoms with Crippen molar-refractivity contribution >= 4 is 34.8 Å². The summed E-state index contributed by atoms with van der Waals surface area (Å²) < 4.78 is 13.0. The van der Waals surface area contributed by atoms with E-state index >= 15 is 0 Å². The second-order valence-electron chi connectivity index (χ2n) is 9.70. The van der Waals surface area contributed by atoms with Crippen LogP contribution >= 0.6 is 11.3 Å². The maximum atomic E-state index is 14.0. The number of thiazole rings is 1. The van der Waals surface area contributed by atoms with E-state index < -0.39 is 16.9 Å². The van der Waals surface area contributed by atoms with Crippen LogP contribution in [0.2, 0.25) is 0 Å². The van der Waals surface area contributed by atoms with E-state index in [4.69, 9.17) is 14.5 Å². The molecule has 206 valence electrons. The Bertz CT molecular complexity index is 1940. The zero-order valence-electron chi connectivity index (χ0n) is 22.3. The van der Waals surface area contributed by atoms with E-state index in [-0.39, 0.29) is 11.2 Å². The number of esters is 1. The number of ether oxygens (including phenoxy) is 2. The van der Waals surface area contributed by atoms with Gasteiger partial charge in [0.25, 0.3) is 11.2 Å². The summed E-state index contributed by atoms with van der Waals surface area (Å²) in [5, 5.41) is 11.6. The molecule has 0 unspecified atom stereocenters. The van der Waals surface area contributed by atoms with Crippen LogP contribution in [0.3, 0.4) is 0 Å². The Morgan fingerprint density at radius 2 is 1.95 bits per heavy atom. The predicted octanol–water partition coefficient (Wildman–Crippen LogP) is 4.55. The third-order valence-electron chi connectivity index (χ3n) is 7.09. The van der Waals surface area contributed by atoms with Crippen LogP contribution in [-0.4, -0.2) is 22.1 Å². The molecule has 0 saturated carbocycles. The molecule has 0 amide bonds. The van der Waals surface area contributed by atoms with E-state index in [1.807, 2.05) is 31.2 Å². The molecule has 2 aliphatic rings. The van der Waals surface area contributed by atoms with Gasteiger partial charge in [0.15, 0.2) is 16.3 Å². The highest BCUT2D eigenvalue weighted by molar-refractivity contribution is 7.07. The van der Waals surface area contributed by atoms with Gasteiger partial charge in [-0.25, -0.2) is 4.99 Å². The minimum Gasteiger partial charge on any atom is -0.490 e. The number of nitro groups is 1. The highest BCUT2D eigenvalue weighted by atomic mass is 32.1. The first-order chi connectivity index (χ1) is 19.8. The predicted molar refractivity (Wildman–Crippen MR) is 155 cm³/mol. The van der Waals surface area contributed by atoms with Crippen molar-refractivity contribution in [1.82, 2.24) is 4.57 Å². The molecule has 4 aromatic rings. The summed E-state index contributed by atoms with van der Waals surface area (Å²) in [7, 11) is 0. The van der Waals surface area contributed by atoms with Crippen molar-refractivity contribution in [2.24, 2.45) is 4.99 Å². The topological polar surface area (TPSA) is 113 Å². The smallest absolute Gasteiger partial charge is 0.308 e. The lowest BCUT2D eigenvalue weighted by molar-refractivity contribution is -0.384. The summed E-state index contributed by atoms with van der Waals surface area (Å²) in [6.07, 6.45) is 3.22. The number of aryl methyl sites for hydroxylation is 1. The lowest BCUT2D eigenvalue weighted by Crippen LogP contribution is -2.38. The van der Waals surface area contributed by atoms with Gasteiger partial charge in [0, 0.05) is 24.6 Å². The molecule has 0 spiro atoms. The second kappa shape index (κ2) is 10.6. The van der Waals surface area contributed by atoms with Crippen LogP contribution in [0, 0.1) is 10.1 Å². The van der Waals surface area contributed by atoms with Gasteiger partial charge in [-0.3, -0.25) is 24.3 Å². The Morgan fingerprint density at radius 3 is 2.73 bits per heavy atom.